The molecule has 148 valence electrons. The zero-order chi connectivity index (χ0) is 20.4. The second-order valence-electron chi connectivity index (χ2n) is 6.85. The molecule has 4 rings (SSSR count). The van der Waals surface area contributed by atoms with Crippen molar-refractivity contribution in [3.05, 3.63) is 95.3 Å². The van der Waals surface area contributed by atoms with E-state index < -0.39 is 15.8 Å². The molecule has 29 heavy (non-hydrogen) atoms. The lowest BCUT2D eigenvalue weighted by Crippen LogP contribution is -2.36. The van der Waals surface area contributed by atoms with E-state index in [9.17, 15) is 17.6 Å². The normalized spacial score (nSPS) is 14.2. The Morgan fingerprint density at radius 2 is 1.66 bits per heavy atom. The third-order valence-corrected chi connectivity index (χ3v) is 6.79. The molecule has 1 amide bonds. The molecule has 3 aromatic carbocycles. The number of anilines is 1. The maximum absolute atomic E-state index is 13.0. The van der Waals surface area contributed by atoms with Gasteiger partial charge in [-0.2, -0.15) is 4.31 Å². The van der Waals surface area contributed by atoms with Gasteiger partial charge in [-0.05, 0) is 66.1 Å². The van der Waals surface area contributed by atoms with Crippen LogP contribution >= 0.6 is 0 Å². The van der Waals surface area contributed by atoms with Crippen molar-refractivity contribution in [2.45, 2.75) is 17.9 Å². The molecule has 1 aliphatic heterocycles. The first-order valence-corrected chi connectivity index (χ1v) is 10.6. The van der Waals surface area contributed by atoms with Crippen LogP contribution in [-0.2, 0) is 23.0 Å². The molecule has 1 aliphatic rings. The summed E-state index contributed by atoms with van der Waals surface area (Å²) in [6, 6.07) is 19.1. The Kier molecular flexibility index (Phi) is 5.17. The fraction of sp³-hybridized carbons (Fsp3) is 0.136. The van der Waals surface area contributed by atoms with Gasteiger partial charge in [0.05, 0.1) is 4.90 Å². The number of hydrogen-bond acceptors (Lipinski definition) is 3. The van der Waals surface area contributed by atoms with Crippen LogP contribution in [0.3, 0.4) is 0 Å². The van der Waals surface area contributed by atoms with Crippen molar-refractivity contribution in [1.29, 1.82) is 0 Å². The molecular formula is C22H19FN2O3S. The number of rotatable bonds is 4. The number of nitrogens with one attached hydrogen (secondary N) is 1. The summed E-state index contributed by atoms with van der Waals surface area (Å²) in [4.78, 5) is 12.6. The summed E-state index contributed by atoms with van der Waals surface area (Å²) in [6.07, 6.45) is 0.605. The van der Waals surface area contributed by atoms with Crippen LogP contribution in [0.1, 0.15) is 21.5 Å². The number of fused-ring (bicyclic) bond motifs is 1. The summed E-state index contributed by atoms with van der Waals surface area (Å²) in [6.45, 7) is 0.651. The van der Waals surface area contributed by atoms with E-state index in [0.717, 1.165) is 11.1 Å². The molecule has 1 heterocycles. The Morgan fingerprint density at radius 1 is 0.931 bits per heavy atom. The molecule has 0 aliphatic carbocycles. The van der Waals surface area contributed by atoms with E-state index in [1.165, 1.54) is 28.6 Å². The minimum absolute atomic E-state index is 0.243. The van der Waals surface area contributed by atoms with Gasteiger partial charge in [-0.1, -0.05) is 24.3 Å². The average molecular weight is 410 g/mol. The van der Waals surface area contributed by atoms with Gasteiger partial charge in [-0.25, -0.2) is 12.8 Å². The number of nitrogens with zero attached hydrogens (tertiary/aromatic N) is 1. The van der Waals surface area contributed by atoms with Crippen molar-refractivity contribution in [3.8, 4) is 0 Å². The zero-order valence-corrected chi connectivity index (χ0v) is 16.3. The topological polar surface area (TPSA) is 66.5 Å². The molecule has 0 radical (unpaired) electrons. The predicted molar refractivity (Wildman–Crippen MR) is 109 cm³/mol. The van der Waals surface area contributed by atoms with Gasteiger partial charge in [0, 0.05) is 24.3 Å². The highest BCUT2D eigenvalue weighted by atomic mass is 32.2. The van der Waals surface area contributed by atoms with Crippen LogP contribution in [0.15, 0.2) is 77.7 Å². The Labute approximate surface area is 168 Å². The van der Waals surface area contributed by atoms with Gasteiger partial charge >= 0.3 is 0 Å². The zero-order valence-electron chi connectivity index (χ0n) is 15.5. The molecule has 0 aromatic heterocycles. The van der Waals surface area contributed by atoms with Crippen LogP contribution < -0.4 is 5.32 Å². The van der Waals surface area contributed by atoms with Crippen molar-refractivity contribution in [1.82, 2.24) is 4.31 Å². The van der Waals surface area contributed by atoms with Crippen LogP contribution in [-0.4, -0.2) is 25.2 Å². The molecular weight excluding hydrogens is 391 g/mol. The Hall–Kier alpha value is -3.03. The average Bonchev–Trinajstić information content (AvgIpc) is 2.74. The van der Waals surface area contributed by atoms with E-state index in [2.05, 4.69) is 5.32 Å². The quantitative estimate of drug-likeness (QED) is 0.711. The van der Waals surface area contributed by atoms with Crippen molar-refractivity contribution < 1.29 is 17.6 Å². The van der Waals surface area contributed by atoms with Gasteiger partial charge in [0.15, 0.2) is 0 Å². The Bertz CT molecular complexity index is 1150. The molecule has 3 aromatic rings. The van der Waals surface area contributed by atoms with Crippen LogP contribution in [0, 0.1) is 5.82 Å². The monoisotopic (exact) mass is 410 g/mol. The fourth-order valence-corrected chi connectivity index (χ4v) is 4.80. The summed E-state index contributed by atoms with van der Waals surface area (Å²) in [5.74, 6) is -0.760. The van der Waals surface area contributed by atoms with Crippen LogP contribution in [0.4, 0.5) is 10.1 Å². The highest BCUT2D eigenvalue weighted by Gasteiger charge is 2.28. The number of benzene rings is 3. The van der Waals surface area contributed by atoms with E-state index in [-0.39, 0.29) is 17.3 Å². The van der Waals surface area contributed by atoms with Gasteiger partial charge in [-0.15, -0.1) is 0 Å². The molecule has 0 fully saturated rings. The summed E-state index contributed by atoms with van der Waals surface area (Å²) < 4.78 is 40.3. The van der Waals surface area contributed by atoms with E-state index in [1.54, 1.807) is 42.5 Å². The summed E-state index contributed by atoms with van der Waals surface area (Å²) in [5, 5.41) is 2.78. The lowest BCUT2D eigenvalue weighted by Gasteiger charge is -2.28. The molecule has 7 heteroatoms. The second-order valence-corrected chi connectivity index (χ2v) is 8.78. The van der Waals surface area contributed by atoms with Crippen molar-refractivity contribution >= 4 is 21.6 Å². The van der Waals surface area contributed by atoms with Crippen LogP contribution in [0.5, 0.6) is 0 Å². The third-order valence-electron chi connectivity index (χ3n) is 4.93. The van der Waals surface area contributed by atoms with E-state index >= 15 is 0 Å². The van der Waals surface area contributed by atoms with E-state index in [1.807, 2.05) is 6.07 Å². The van der Waals surface area contributed by atoms with Gasteiger partial charge in [-0.3, -0.25) is 4.79 Å². The molecule has 1 N–H and O–H groups in total. The predicted octanol–water partition coefficient (Wildman–Crippen LogP) is 3.83. The second kappa shape index (κ2) is 7.77. The summed E-state index contributed by atoms with van der Waals surface area (Å²) in [5.41, 5.74) is 2.83. The van der Waals surface area contributed by atoms with Crippen molar-refractivity contribution in [3.63, 3.8) is 0 Å². The SMILES string of the molecule is O=C(Nc1ccc2c(c1)CN(S(=O)(=O)c1ccccc1)CC2)c1ccc(F)cc1. The maximum Gasteiger partial charge on any atom is 0.255 e. The fourth-order valence-electron chi connectivity index (χ4n) is 3.36. The third kappa shape index (κ3) is 4.06. The lowest BCUT2D eigenvalue weighted by atomic mass is 10.0. The van der Waals surface area contributed by atoms with Crippen molar-refractivity contribution in [2.75, 3.05) is 11.9 Å². The number of carbonyl (C=O) groups excluding carboxylic acids is 1. The molecule has 0 saturated heterocycles. The molecule has 0 unspecified atom stereocenters. The number of amides is 1. The highest BCUT2D eigenvalue weighted by molar-refractivity contribution is 7.89. The van der Waals surface area contributed by atoms with Gasteiger partial charge in [0.2, 0.25) is 10.0 Å². The highest BCUT2D eigenvalue weighted by Crippen LogP contribution is 2.27. The lowest BCUT2D eigenvalue weighted by molar-refractivity contribution is 0.102. The van der Waals surface area contributed by atoms with Crippen molar-refractivity contribution in [2.24, 2.45) is 0 Å². The van der Waals surface area contributed by atoms with Crippen LogP contribution in [0.2, 0.25) is 0 Å². The Morgan fingerprint density at radius 3 is 2.38 bits per heavy atom. The first-order valence-electron chi connectivity index (χ1n) is 9.17. The molecule has 0 saturated carbocycles. The van der Waals surface area contributed by atoms with Gasteiger partial charge in [0.1, 0.15) is 5.82 Å². The van der Waals surface area contributed by atoms with Gasteiger partial charge < -0.3 is 5.32 Å². The molecule has 0 atom stereocenters. The number of halogens is 1. The van der Waals surface area contributed by atoms with E-state index in [4.69, 9.17) is 0 Å². The smallest absolute Gasteiger partial charge is 0.255 e. The summed E-state index contributed by atoms with van der Waals surface area (Å²) in [7, 11) is -3.58. The first kappa shape index (κ1) is 19.3. The number of sulfonamides is 1. The van der Waals surface area contributed by atoms with Gasteiger partial charge in [0.25, 0.3) is 5.91 Å². The minimum atomic E-state index is -3.58. The maximum atomic E-state index is 13.0. The number of carbonyl (C=O) groups is 1. The summed E-state index contributed by atoms with van der Waals surface area (Å²) >= 11 is 0. The molecule has 0 bridgehead atoms. The number of hydrogen-bond donors (Lipinski definition) is 1. The first-order chi connectivity index (χ1) is 13.9. The molecule has 5 nitrogen and oxygen atoms in total. The standard InChI is InChI=1S/C22H19FN2O3S/c23-19-9-6-17(7-10-19)22(26)24-20-11-8-16-12-13-25(15-18(16)14-20)29(27,28)21-4-2-1-3-5-21/h1-11,14H,12-13,15H2,(H,24,26). The molecule has 0 spiro atoms. The Balaban J connectivity index is 1.54. The largest absolute Gasteiger partial charge is 0.322 e. The van der Waals surface area contributed by atoms with Crippen LogP contribution in [0.25, 0.3) is 0 Å². The van der Waals surface area contributed by atoms with E-state index in [0.29, 0.717) is 24.2 Å². The minimum Gasteiger partial charge on any atom is -0.322 e.